The van der Waals surface area contributed by atoms with E-state index in [1.54, 1.807) is 44.2 Å². The lowest BCUT2D eigenvalue weighted by atomic mass is 9.88. The Labute approximate surface area is 251 Å². The molecule has 43 heavy (non-hydrogen) atoms. The van der Waals surface area contributed by atoms with Gasteiger partial charge in [0.2, 0.25) is 0 Å². The summed E-state index contributed by atoms with van der Waals surface area (Å²) >= 11 is 0. The molecule has 0 radical (unpaired) electrons. The molecule has 2 unspecified atom stereocenters. The second-order valence-electron chi connectivity index (χ2n) is 10.0. The summed E-state index contributed by atoms with van der Waals surface area (Å²) < 4.78 is 36.3. The summed E-state index contributed by atoms with van der Waals surface area (Å²) in [5.41, 5.74) is 5.20. The number of esters is 1. The lowest BCUT2D eigenvalue weighted by Crippen LogP contribution is -2.51. The van der Waals surface area contributed by atoms with Gasteiger partial charge in [0, 0.05) is 12.8 Å². The van der Waals surface area contributed by atoms with Crippen LogP contribution in [0.3, 0.4) is 0 Å². The van der Waals surface area contributed by atoms with Gasteiger partial charge in [-0.25, -0.2) is 14.4 Å². The molecule has 0 fully saturated rings. The summed E-state index contributed by atoms with van der Waals surface area (Å²) in [6, 6.07) is 12.6. The van der Waals surface area contributed by atoms with Gasteiger partial charge in [0.1, 0.15) is 23.5 Å². The molecular weight excluding hydrogens is 562 g/mol. The van der Waals surface area contributed by atoms with E-state index in [1.165, 1.54) is 25.3 Å². The fourth-order valence-corrected chi connectivity index (χ4v) is 4.07. The predicted octanol–water partition coefficient (Wildman–Crippen LogP) is 6.11. The predicted molar refractivity (Wildman–Crippen MR) is 155 cm³/mol. The Morgan fingerprint density at radius 1 is 0.791 bits per heavy atom. The molecule has 2 aromatic carbocycles. The van der Waals surface area contributed by atoms with Crippen LogP contribution in [-0.4, -0.2) is 55.9 Å². The number of hydrogen-bond acceptors (Lipinski definition) is 12. The van der Waals surface area contributed by atoms with Gasteiger partial charge in [-0.1, -0.05) is 51.0 Å². The summed E-state index contributed by atoms with van der Waals surface area (Å²) in [5, 5.41) is 0. The molecular formula is C31H41NO11. The van der Waals surface area contributed by atoms with Gasteiger partial charge in [-0.2, -0.15) is 0 Å². The Balaban J connectivity index is 2.21. The van der Waals surface area contributed by atoms with Crippen LogP contribution in [0.25, 0.3) is 0 Å². The van der Waals surface area contributed by atoms with Crippen molar-refractivity contribution in [3.8, 4) is 17.2 Å². The van der Waals surface area contributed by atoms with Crippen LogP contribution in [-0.2, 0) is 30.2 Å². The van der Waals surface area contributed by atoms with Gasteiger partial charge in [0.15, 0.2) is 11.5 Å². The summed E-state index contributed by atoms with van der Waals surface area (Å²) in [6.07, 6.45) is -1.13. The van der Waals surface area contributed by atoms with Gasteiger partial charge < -0.3 is 38.9 Å². The van der Waals surface area contributed by atoms with Gasteiger partial charge in [-0.15, -0.1) is 0 Å². The molecule has 0 saturated carbocycles. The lowest BCUT2D eigenvalue weighted by molar-refractivity contribution is -0.147. The second kappa shape index (κ2) is 17.6. The maximum atomic E-state index is 12.7. The number of benzene rings is 2. The third-order valence-electron chi connectivity index (χ3n) is 6.20. The highest BCUT2D eigenvalue weighted by molar-refractivity contribution is 5.81. The first-order valence-electron chi connectivity index (χ1n) is 14.2. The number of hydrogen-bond donors (Lipinski definition) is 1. The Kier molecular flexibility index (Phi) is 14.3. The monoisotopic (exact) mass is 603 g/mol. The summed E-state index contributed by atoms with van der Waals surface area (Å²) in [5.74, 6) is -0.733. The highest BCUT2D eigenvalue weighted by Gasteiger charge is 2.36. The molecule has 12 heteroatoms. The average Bonchev–Trinajstić information content (AvgIpc) is 2.94. The molecule has 0 spiro atoms. The van der Waals surface area contributed by atoms with Crippen LogP contribution < -0.4 is 19.9 Å². The van der Waals surface area contributed by atoms with Crippen LogP contribution in [0.15, 0.2) is 48.5 Å². The van der Waals surface area contributed by atoms with Gasteiger partial charge >= 0.3 is 24.4 Å². The standard InChI is InChI=1S/C31H41NO11/c1-6-11-21(3)39-29(35)42-25-16-15-23(19-26(25)43-30(36)40-22(4)12-7-2)20-31(32,27(33)37-5)17-18-38-28(34)41-24-13-9-8-10-14-24/h8-10,13-16,19,21-22H,6-7,11-12,17-18,20,32H2,1-5H3/t21?,22?,31-/m1/s1. The minimum absolute atomic E-state index is 0.106. The zero-order chi connectivity index (χ0) is 31.8. The van der Waals surface area contributed by atoms with Crippen molar-refractivity contribution in [2.75, 3.05) is 13.7 Å². The molecule has 3 atom stereocenters. The quantitative estimate of drug-likeness (QED) is 0.141. The van der Waals surface area contributed by atoms with Crippen molar-refractivity contribution in [3.05, 3.63) is 54.1 Å². The first-order chi connectivity index (χ1) is 20.5. The van der Waals surface area contributed by atoms with E-state index in [-0.39, 0.29) is 37.1 Å². The summed E-state index contributed by atoms with van der Waals surface area (Å²) in [4.78, 5) is 49.7. The van der Waals surface area contributed by atoms with Crippen LogP contribution in [0.4, 0.5) is 14.4 Å². The van der Waals surface area contributed by atoms with E-state index in [0.717, 1.165) is 12.8 Å². The van der Waals surface area contributed by atoms with Gasteiger partial charge in [-0.3, -0.25) is 4.79 Å². The third kappa shape index (κ3) is 12.2. The first-order valence-corrected chi connectivity index (χ1v) is 14.2. The van der Waals surface area contributed by atoms with E-state index in [1.807, 2.05) is 13.8 Å². The highest BCUT2D eigenvalue weighted by atomic mass is 16.8. The largest absolute Gasteiger partial charge is 0.514 e. The zero-order valence-electron chi connectivity index (χ0n) is 25.3. The topological polar surface area (TPSA) is 159 Å². The number of carbonyl (C=O) groups is 4. The van der Waals surface area contributed by atoms with Crippen LogP contribution in [0.2, 0.25) is 0 Å². The zero-order valence-corrected chi connectivity index (χ0v) is 25.3. The number of methoxy groups -OCH3 is 1. The summed E-state index contributed by atoms with van der Waals surface area (Å²) in [7, 11) is 1.18. The third-order valence-corrected chi connectivity index (χ3v) is 6.20. The van der Waals surface area contributed by atoms with Crippen LogP contribution in [0, 0.1) is 0 Å². The Bertz CT molecular complexity index is 1200. The minimum atomic E-state index is -1.65. The lowest BCUT2D eigenvalue weighted by Gasteiger charge is -2.26. The molecule has 2 rings (SSSR count). The fourth-order valence-electron chi connectivity index (χ4n) is 4.07. The minimum Gasteiger partial charge on any atom is -0.468 e. The molecule has 0 aliphatic carbocycles. The smallest absolute Gasteiger partial charge is 0.468 e. The molecule has 236 valence electrons. The van der Waals surface area contributed by atoms with Gasteiger partial charge in [0.25, 0.3) is 0 Å². The first kappa shape index (κ1) is 34.9. The van der Waals surface area contributed by atoms with Gasteiger partial charge in [-0.05, 0) is 56.5 Å². The highest BCUT2D eigenvalue weighted by Crippen LogP contribution is 2.31. The molecule has 0 aliphatic heterocycles. The number of para-hydroxylation sites is 1. The SMILES string of the molecule is CCCC(C)OC(=O)Oc1ccc(C[C@](N)(CCOC(=O)Oc2ccccc2)C(=O)OC)cc1OC(=O)OC(C)CCC. The molecule has 0 bridgehead atoms. The Hall–Kier alpha value is -4.32. The average molecular weight is 604 g/mol. The Morgan fingerprint density at radius 2 is 1.37 bits per heavy atom. The molecule has 0 aromatic heterocycles. The molecule has 0 amide bonds. The van der Waals surface area contributed by atoms with E-state index < -0.39 is 36.1 Å². The van der Waals surface area contributed by atoms with Crippen molar-refractivity contribution >= 4 is 24.4 Å². The van der Waals surface area contributed by atoms with Crippen molar-refractivity contribution in [1.82, 2.24) is 0 Å². The van der Waals surface area contributed by atoms with Crippen molar-refractivity contribution in [2.45, 2.75) is 84.0 Å². The van der Waals surface area contributed by atoms with Gasteiger partial charge in [0.05, 0.1) is 13.7 Å². The second-order valence-corrected chi connectivity index (χ2v) is 10.0. The molecule has 0 saturated heterocycles. The normalized spacial score (nSPS) is 13.4. The molecule has 0 aliphatic rings. The van der Waals surface area contributed by atoms with E-state index in [4.69, 9.17) is 38.9 Å². The Morgan fingerprint density at radius 3 is 1.93 bits per heavy atom. The van der Waals surface area contributed by atoms with Crippen LogP contribution >= 0.6 is 0 Å². The number of carbonyl (C=O) groups excluding carboxylic acids is 4. The van der Waals surface area contributed by atoms with E-state index >= 15 is 0 Å². The van der Waals surface area contributed by atoms with Crippen molar-refractivity contribution in [2.24, 2.45) is 5.73 Å². The van der Waals surface area contributed by atoms with Crippen LogP contribution in [0.5, 0.6) is 17.2 Å². The molecule has 12 nitrogen and oxygen atoms in total. The van der Waals surface area contributed by atoms with Crippen molar-refractivity contribution < 1.29 is 52.3 Å². The van der Waals surface area contributed by atoms with Crippen LogP contribution in [0.1, 0.15) is 65.4 Å². The maximum Gasteiger partial charge on any atom is 0.514 e. The van der Waals surface area contributed by atoms with E-state index in [9.17, 15) is 19.2 Å². The van der Waals surface area contributed by atoms with E-state index in [2.05, 4.69) is 0 Å². The number of rotatable bonds is 15. The number of nitrogens with two attached hydrogens (primary N) is 1. The van der Waals surface area contributed by atoms with Crippen molar-refractivity contribution in [1.29, 1.82) is 0 Å². The maximum absolute atomic E-state index is 12.7. The molecule has 2 aromatic rings. The molecule has 0 heterocycles. The van der Waals surface area contributed by atoms with Crippen molar-refractivity contribution in [3.63, 3.8) is 0 Å². The fraction of sp³-hybridized carbons (Fsp3) is 0.484. The number of ether oxygens (including phenoxy) is 7. The molecule has 2 N–H and O–H groups in total. The van der Waals surface area contributed by atoms with E-state index in [0.29, 0.717) is 24.2 Å². The summed E-state index contributed by atoms with van der Waals surface area (Å²) in [6.45, 7) is 7.10.